The summed E-state index contributed by atoms with van der Waals surface area (Å²) in [7, 11) is 0. The smallest absolute Gasteiger partial charge is 0.307 e. The fraction of sp³-hybridized carbons (Fsp3) is 0.700. The molecule has 0 aliphatic heterocycles. The lowest BCUT2D eigenvalue weighted by molar-refractivity contribution is -0.136. The molecular weight excluding hydrogens is 168 g/mol. The third kappa shape index (κ3) is 7.53. The second-order valence-corrected chi connectivity index (χ2v) is 3.36. The highest BCUT2D eigenvalue weighted by atomic mass is 16.4. The Morgan fingerprint density at radius 1 is 1.38 bits per heavy atom. The number of aliphatic hydroxyl groups excluding tert-OH is 1. The van der Waals surface area contributed by atoms with Crippen molar-refractivity contribution < 1.29 is 15.0 Å². The lowest BCUT2D eigenvalue weighted by atomic mass is 10.0. The fourth-order valence-corrected chi connectivity index (χ4v) is 0.902. The molecular formula is C10H18O3. The van der Waals surface area contributed by atoms with Gasteiger partial charge in [-0.1, -0.05) is 19.1 Å². The molecule has 0 aromatic heterocycles. The van der Waals surface area contributed by atoms with E-state index in [1.165, 1.54) is 0 Å². The van der Waals surface area contributed by atoms with E-state index < -0.39 is 5.97 Å². The van der Waals surface area contributed by atoms with Crippen LogP contribution < -0.4 is 0 Å². The molecule has 0 amide bonds. The van der Waals surface area contributed by atoms with Gasteiger partial charge in [0.25, 0.3) is 0 Å². The Morgan fingerprint density at radius 2 is 2.00 bits per heavy atom. The maximum atomic E-state index is 10.1. The van der Waals surface area contributed by atoms with Gasteiger partial charge in [0, 0.05) is 0 Å². The summed E-state index contributed by atoms with van der Waals surface area (Å²) in [4.78, 5) is 10.1. The van der Waals surface area contributed by atoms with Gasteiger partial charge in [0.2, 0.25) is 0 Å². The summed E-state index contributed by atoms with van der Waals surface area (Å²) in [5.41, 5.74) is 0. The van der Waals surface area contributed by atoms with E-state index in [1.54, 1.807) is 13.0 Å². The molecule has 0 aromatic carbocycles. The zero-order valence-corrected chi connectivity index (χ0v) is 8.23. The summed E-state index contributed by atoms with van der Waals surface area (Å²) < 4.78 is 0. The number of carboxylic acids is 1. The van der Waals surface area contributed by atoms with Gasteiger partial charge in [-0.3, -0.25) is 4.79 Å². The van der Waals surface area contributed by atoms with Crippen molar-refractivity contribution in [2.24, 2.45) is 5.92 Å². The summed E-state index contributed by atoms with van der Waals surface area (Å²) >= 11 is 0. The molecule has 0 fully saturated rings. The largest absolute Gasteiger partial charge is 0.481 e. The number of hydrogen-bond acceptors (Lipinski definition) is 2. The van der Waals surface area contributed by atoms with Crippen molar-refractivity contribution in [2.75, 3.05) is 0 Å². The maximum Gasteiger partial charge on any atom is 0.307 e. The van der Waals surface area contributed by atoms with Crippen LogP contribution in [0.5, 0.6) is 0 Å². The first-order chi connectivity index (χ1) is 6.04. The van der Waals surface area contributed by atoms with Crippen LogP contribution in [0.4, 0.5) is 0 Å². The highest BCUT2D eigenvalue weighted by Crippen LogP contribution is 2.10. The lowest BCUT2D eigenvalue weighted by Crippen LogP contribution is -2.12. The minimum absolute atomic E-state index is 0.0864. The first-order valence-electron chi connectivity index (χ1n) is 4.59. The van der Waals surface area contributed by atoms with Gasteiger partial charge in [0.05, 0.1) is 12.5 Å². The van der Waals surface area contributed by atoms with Crippen molar-refractivity contribution in [3.8, 4) is 0 Å². The molecule has 0 rings (SSSR count). The molecule has 0 radical (unpaired) electrons. The molecule has 3 heteroatoms. The Labute approximate surface area is 79.1 Å². The van der Waals surface area contributed by atoms with E-state index in [2.05, 4.69) is 0 Å². The molecule has 0 spiro atoms. The third-order valence-electron chi connectivity index (χ3n) is 2.07. The lowest BCUT2D eigenvalue weighted by Gasteiger charge is -2.12. The van der Waals surface area contributed by atoms with E-state index in [-0.39, 0.29) is 18.4 Å². The molecule has 0 aliphatic rings. The quantitative estimate of drug-likeness (QED) is 0.622. The second kappa shape index (κ2) is 6.66. The van der Waals surface area contributed by atoms with Crippen LogP contribution >= 0.6 is 0 Å². The predicted molar refractivity (Wildman–Crippen MR) is 51.5 cm³/mol. The molecule has 3 nitrogen and oxygen atoms in total. The van der Waals surface area contributed by atoms with Crippen molar-refractivity contribution in [1.82, 2.24) is 0 Å². The van der Waals surface area contributed by atoms with E-state index in [1.807, 2.05) is 13.0 Å². The Hall–Kier alpha value is -0.830. The topological polar surface area (TPSA) is 57.5 Å². The van der Waals surface area contributed by atoms with Gasteiger partial charge >= 0.3 is 5.97 Å². The molecule has 13 heavy (non-hydrogen) atoms. The number of rotatable bonds is 6. The van der Waals surface area contributed by atoms with E-state index in [0.29, 0.717) is 0 Å². The van der Waals surface area contributed by atoms with Crippen LogP contribution in [0.3, 0.4) is 0 Å². The maximum absolute atomic E-state index is 10.1. The van der Waals surface area contributed by atoms with Gasteiger partial charge in [-0.05, 0) is 25.7 Å². The van der Waals surface area contributed by atoms with Crippen molar-refractivity contribution >= 4 is 5.97 Å². The van der Waals surface area contributed by atoms with Gasteiger partial charge in [-0.25, -0.2) is 0 Å². The summed E-state index contributed by atoms with van der Waals surface area (Å²) in [6.07, 6.45) is 5.04. The minimum Gasteiger partial charge on any atom is -0.481 e. The van der Waals surface area contributed by atoms with Gasteiger partial charge in [-0.2, -0.15) is 0 Å². The standard InChI is InChI=1S/C10H18O3/c1-8(9(2)11)6-4-3-5-7-10(12)13/h3,5,8-9,11H,4,6-7H2,1-2H3,(H,12,13)/b5-3+/t8-,9+/m1/s1. The Kier molecular flexibility index (Phi) is 6.24. The predicted octanol–water partition coefficient (Wildman–Crippen LogP) is 1.81. The van der Waals surface area contributed by atoms with Crippen molar-refractivity contribution in [2.45, 2.75) is 39.2 Å². The van der Waals surface area contributed by atoms with Crippen LogP contribution in [0.25, 0.3) is 0 Å². The van der Waals surface area contributed by atoms with Crippen LogP contribution in [0.1, 0.15) is 33.1 Å². The Morgan fingerprint density at radius 3 is 2.46 bits per heavy atom. The van der Waals surface area contributed by atoms with Gasteiger partial charge in [0.15, 0.2) is 0 Å². The number of carbonyl (C=O) groups is 1. The van der Waals surface area contributed by atoms with E-state index in [0.717, 1.165) is 12.8 Å². The number of hydrogen-bond donors (Lipinski definition) is 2. The van der Waals surface area contributed by atoms with E-state index in [9.17, 15) is 4.79 Å². The van der Waals surface area contributed by atoms with Gasteiger partial charge in [-0.15, -0.1) is 0 Å². The fourth-order valence-electron chi connectivity index (χ4n) is 0.902. The molecule has 0 saturated heterocycles. The molecule has 0 heterocycles. The van der Waals surface area contributed by atoms with E-state index in [4.69, 9.17) is 10.2 Å². The molecule has 0 aliphatic carbocycles. The van der Waals surface area contributed by atoms with Crippen molar-refractivity contribution in [3.05, 3.63) is 12.2 Å². The number of aliphatic hydroxyl groups is 1. The number of carboxylic acid groups (broad SMARTS) is 1. The molecule has 76 valence electrons. The van der Waals surface area contributed by atoms with Crippen LogP contribution in [0.15, 0.2) is 12.2 Å². The average molecular weight is 186 g/mol. The number of aliphatic carboxylic acids is 1. The van der Waals surface area contributed by atoms with Crippen LogP contribution in [0.2, 0.25) is 0 Å². The molecule has 2 atom stereocenters. The summed E-state index contributed by atoms with van der Waals surface area (Å²) in [6, 6.07) is 0. The Bertz CT molecular complexity index is 173. The molecule has 0 unspecified atom stereocenters. The van der Waals surface area contributed by atoms with Crippen molar-refractivity contribution in [1.29, 1.82) is 0 Å². The zero-order valence-electron chi connectivity index (χ0n) is 8.23. The third-order valence-corrected chi connectivity index (χ3v) is 2.07. The average Bonchev–Trinajstić information content (AvgIpc) is 2.02. The molecule has 0 bridgehead atoms. The van der Waals surface area contributed by atoms with Crippen LogP contribution in [-0.2, 0) is 4.79 Å². The van der Waals surface area contributed by atoms with E-state index >= 15 is 0 Å². The van der Waals surface area contributed by atoms with Crippen LogP contribution in [0, 0.1) is 5.92 Å². The first kappa shape index (κ1) is 12.2. The van der Waals surface area contributed by atoms with Gasteiger partial charge < -0.3 is 10.2 Å². The molecule has 2 N–H and O–H groups in total. The molecule has 0 aromatic rings. The second-order valence-electron chi connectivity index (χ2n) is 3.36. The highest BCUT2D eigenvalue weighted by Gasteiger charge is 2.06. The number of allylic oxidation sites excluding steroid dienone is 1. The molecule has 0 saturated carbocycles. The van der Waals surface area contributed by atoms with Crippen molar-refractivity contribution in [3.63, 3.8) is 0 Å². The highest BCUT2D eigenvalue weighted by molar-refractivity contribution is 5.68. The zero-order chi connectivity index (χ0) is 10.3. The SMILES string of the molecule is C[C@H](O)[C@H](C)CC/C=C/CC(=O)O. The van der Waals surface area contributed by atoms with Gasteiger partial charge in [0.1, 0.15) is 0 Å². The summed E-state index contributed by atoms with van der Waals surface area (Å²) in [6.45, 7) is 3.75. The first-order valence-corrected chi connectivity index (χ1v) is 4.59. The normalized spacial score (nSPS) is 15.9. The van der Waals surface area contributed by atoms with Crippen LogP contribution in [-0.4, -0.2) is 22.3 Å². The minimum atomic E-state index is -0.806. The summed E-state index contributed by atoms with van der Waals surface area (Å²) in [5, 5.41) is 17.5. The summed E-state index contributed by atoms with van der Waals surface area (Å²) in [5.74, 6) is -0.533. The monoisotopic (exact) mass is 186 g/mol. The Balaban J connectivity index is 3.44.